The smallest absolute Gasteiger partial charge is 0.336 e. The second kappa shape index (κ2) is 3.82. The maximum absolute atomic E-state index is 12.7. The molecule has 0 amide bonds. The van der Waals surface area contributed by atoms with Crippen LogP contribution in [0.1, 0.15) is 23.2 Å². The van der Waals surface area contributed by atoms with Crippen LogP contribution in [0.15, 0.2) is 32.2 Å². The van der Waals surface area contributed by atoms with Crippen LogP contribution in [0.4, 0.5) is 0 Å². The van der Waals surface area contributed by atoms with E-state index in [1.54, 1.807) is 6.07 Å². The van der Waals surface area contributed by atoms with Gasteiger partial charge in [-0.05, 0) is 43.9 Å². The van der Waals surface area contributed by atoms with Crippen molar-refractivity contribution in [2.45, 2.75) is 26.2 Å². The largest absolute Gasteiger partial charge is 0.423 e. The molecule has 4 nitrogen and oxygen atoms in total. The van der Waals surface area contributed by atoms with E-state index in [1.807, 2.05) is 13.0 Å². The van der Waals surface area contributed by atoms with Gasteiger partial charge in [0.2, 0.25) is 0 Å². The third-order valence-corrected chi connectivity index (χ3v) is 4.12. The molecule has 4 heteroatoms. The van der Waals surface area contributed by atoms with E-state index >= 15 is 0 Å². The molecule has 2 heterocycles. The number of nitrogens with one attached hydrogen (secondary N) is 1. The summed E-state index contributed by atoms with van der Waals surface area (Å²) in [6.07, 6.45) is 2.78. The van der Waals surface area contributed by atoms with Crippen molar-refractivity contribution in [1.29, 1.82) is 0 Å². The monoisotopic (exact) mass is 267 g/mol. The average molecular weight is 267 g/mol. The molecule has 1 aromatic carbocycles. The minimum absolute atomic E-state index is 0.0776. The van der Waals surface area contributed by atoms with E-state index in [4.69, 9.17) is 4.42 Å². The lowest BCUT2D eigenvalue weighted by atomic mass is 10.0. The third kappa shape index (κ3) is 1.42. The summed E-state index contributed by atoms with van der Waals surface area (Å²) in [5, 5.41) is 1.35. The number of aromatic amines is 1. The Bertz CT molecular complexity index is 979. The molecule has 2 aromatic heterocycles. The fourth-order valence-corrected chi connectivity index (χ4v) is 3.18. The van der Waals surface area contributed by atoms with Gasteiger partial charge in [0.1, 0.15) is 5.58 Å². The number of hydrogen-bond acceptors (Lipinski definition) is 3. The summed E-state index contributed by atoms with van der Waals surface area (Å²) in [6, 6.07) is 4.86. The van der Waals surface area contributed by atoms with Gasteiger partial charge in [0.25, 0.3) is 0 Å². The molecule has 0 atom stereocenters. The standard InChI is InChI=1S/C16H13NO3/c1-8-7-12-10(5-6-13(18)20-12)14-15(8)17-11-4-2-3-9(11)16(14)19/h5-7H,2-4H2,1H3,(H,17,19). The van der Waals surface area contributed by atoms with Crippen LogP contribution >= 0.6 is 0 Å². The molecule has 0 radical (unpaired) electrons. The van der Waals surface area contributed by atoms with E-state index in [9.17, 15) is 9.59 Å². The average Bonchev–Trinajstić information content (AvgIpc) is 2.88. The molecule has 100 valence electrons. The number of aromatic nitrogens is 1. The summed E-state index contributed by atoms with van der Waals surface area (Å²) < 4.78 is 5.22. The number of H-pyrrole nitrogens is 1. The minimum atomic E-state index is -0.395. The molecule has 0 unspecified atom stereocenters. The van der Waals surface area contributed by atoms with E-state index < -0.39 is 5.63 Å². The van der Waals surface area contributed by atoms with E-state index in [2.05, 4.69) is 4.98 Å². The predicted octanol–water partition coefficient (Wildman–Crippen LogP) is 2.43. The molecule has 0 aliphatic heterocycles. The van der Waals surface area contributed by atoms with E-state index in [0.717, 1.165) is 41.6 Å². The molecule has 3 aromatic rings. The van der Waals surface area contributed by atoms with Crippen LogP contribution in [-0.2, 0) is 12.8 Å². The lowest BCUT2D eigenvalue weighted by molar-refractivity contribution is 0.561. The third-order valence-electron chi connectivity index (χ3n) is 4.12. The molecular formula is C16H13NO3. The Kier molecular flexibility index (Phi) is 2.19. The maximum atomic E-state index is 12.7. The van der Waals surface area contributed by atoms with Crippen molar-refractivity contribution in [1.82, 2.24) is 4.98 Å². The fraction of sp³-hybridized carbons (Fsp3) is 0.250. The van der Waals surface area contributed by atoms with Crippen LogP contribution in [-0.4, -0.2) is 4.98 Å². The quantitative estimate of drug-likeness (QED) is 0.502. The molecule has 0 saturated heterocycles. The summed E-state index contributed by atoms with van der Waals surface area (Å²) in [6.45, 7) is 1.92. The molecule has 20 heavy (non-hydrogen) atoms. The van der Waals surface area contributed by atoms with Crippen molar-refractivity contribution < 1.29 is 4.42 Å². The summed E-state index contributed by atoms with van der Waals surface area (Å²) in [5.74, 6) is 0. The van der Waals surface area contributed by atoms with Crippen LogP contribution in [0.2, 0.25) is 0 Å². The zero-order chi connectivity index (χ0) is 13.9. The lowest BCUT2D eigenvalue weighted by Gasteiger charge is -2.09. The molecule has 1 N–H and O–H groups in total. The van der Waals surface area contributed by atoms with Gasteiger partial charge in [-0.2, -0.15) is 0 Å². The van der Waals surface area contributed by atoms with Gasteiger partial charge in [0, 0.05) is 22.7 Å². The van der Waals surface area contributed by atoms with E-state index in [1.165, 1.54) is 6.07 Å². The topological polar surface area (TPSA) is 63.1 Å². The molecule has 0 bridgehead atoms. The first-order valence-electron chi connectivity index (χ1n) is 6.76. The Hall–Kier alpha value is -2.36. The second-order valence-corrected chi connectivity index (χ2v) is 5.37. The zero-order valence-corrected chi connectivity index (χ0v) is 11.1. The Balaban J connectivity index is 2.32. The van der Waals surface area contributed by atoms with Crippen LogP contribution < -0.4 is 11.1 Å². The molecular weight excluding hydrogens is 254 g/mol. The molecule has 0 saturated carbocycles. The summed E-state index contributed by atoms with van der Waals surface area (Å²) in [4.78, 5) is 27.5. The molecule has 1 aliphatic carbocycles. The van der Waals surface area contributed by atoms with Crippen LogP contribution in [0.3, 0.4) is 0 Å². The highest BCUT2D eigenvalue weighted by Gasteiger charge is 2.19. The summed E-state index contributed by atoms with van der Waals surface area (Å²) in [5.41, 5.74) is 3.89. The van der Waals surface area contributed by atoms with Gasteiger partial charge in [0.15, 0.2) is 5.43 Å². The van der Waals surface area contributed by atoms with Gasteiger partial charge in [-0.1, -0.05) is 0 Å². The highest BCUT2D eigenvalue weighted by Crippen LogP contribution is 2.27. The second-order valence-electron chi connectivity index (χ2n) is 5.37. The number of fused-ring (bicyclic) bond motifs is 4. The van der Waals surface area contributed by atoms with Crippen LogP contribution in [0.25, 0.3) is 21.9 Å². The SMILES string of the molecule is Cc1cc2oc(=O)ccc2c2c(=O)c3c([nH]c12)CCC3. The molecule has 0 fully saturated rings. The predicted molar refractivity (Wildman–Crippen MR) is 77.4 cm³/mol. The Morgan fingerprint density at radius 1 is 1.20 bits per heavy atom. The van der Waals surface area contributed by atoms with Crippen LogP contribution in [0, 0.1) is 6.92 Å². The van der Waals surface area contributed by atoms with E-state index in [-0.39, 0.29) is 5.43 Å². The van der Waals surface area contributed by atoms with Gasteiger partial charge < -0.3 is 9.40 Å². The van der Waals surface area contributed by atoms with Gasteiger partial charge in [0.05, 0.1) is 10.9 Å². The highest BCUT2D eigenvalue weighted by molar-refractivity contribution is 6.05. The van der Waals surface area contributed by atoms with Gasteiger partial charge >= 0.3 is 5.63 Å². The number of benzene rings is 1. The highest BCUT2D eigenvalue weighted by atomic mass is 16.4. The first-order valence-corrected chi connectivity index (χ1v) is 6.76. The molecule has 4 rings (SSSR count). The maximum Gasteiger partial charge on any atom is 0.336 e. The number of pyridine rings is 1. The number of rotatable bonds is 0. The van der Waals surface area contributed by atoms with Gasteiger partial charge in [-0.25, -0.2) is 4.79 Å². The number of hydrogen-bond donors (Lipinski definition) is 1. The summed E-state index contributed by atoms with van der Waals surface area (Å²) >= 11 is 0. The van der Waals surface area contributed by atoms with Crippen molar-refractivity contribution >= 4 is 21.9 Å². The lowest BCUT2D eigenvalue weighted by Crippen LogP contribution is -2.12. The Morgan fingerprint density at radius 2 is 2.05 bits per heavy atom. The Labute approximate surface area is 114 Å². The zero-order valence-electron chi connectivity index (χ0n) is 11.1. The first kappa shape index (κ1) is 11.5. The number of aryl methyl sites for hydroxylation is 2. The van der Waals surface area contributed by atoms with Crippen molar-refractivity contribution in [3.05, 3.63) is 55.7 Å². The van der Waals surface area contributed by atoms with Crippen molar-refractivity contribution in [2.75, 3.05) is 0 Å². The van der Waals surface area contributed by atoms with Crippen molar-refractivity contribution in [2.24, 2.45) is 0 Å². The van der Waals surface area contributed by atoms with Gasteiger partial charge in [-0.3, -0.25) is 4.79 Å². The molecule has 0 spiro atoms. The minimum Gasteiger partial charge on any atom is -0.423 e. The van der Waals surface area contributed by atoms with Gasteiger partial charge in [-0.15, -0.1) is 0 Å². The Morgan fingerprint density at radius 3 is 2.90 bits per heavy atom. The summed E-state index contributed by atoms with van der Waals surface area (Å²) in [7, 11) is 0. The van der Waals surface area contributed by atoms with Crippen LogP contribution in [0.5, 0.6) is 0 Å². The fourth-order valence-electron chi connectivity index (χ4n) is 3.18. The van der Waals surface area contributed by atoms with Crippen molar-refractivity contribution in [3.8, 4) is 0 Å². The van der Waals surface area contributed by atoms with Crippen molar-refractivity contribution in [3.63, 3.8) is 0 Å². The van der Waals surface area contributed by atoms with E-state index in [0.29, 0.717) is 16.4 Å². The molecule has 1 aliphatic rings. The first-order chi connectivity index (χ1) is 9.65. The normalized spacial score (nSPS) is 14.1.